The van der Waals surface area contributed by atoms with Crippen molar-refractivity contribution in [2.75, 3.05) is 20.8 Å². The number of nitrogens with one attached hydrogen (secondary N) is 1. The van der Waals surface area contributed by atoms with Crippen LogP contribution in [0.2, 0.25) is 0 Å². The number of hydrogen-bond donors (Lipinski definition) is 1. The summed E-state index contributed by atoms with van der Waals surface area (Å²) in [6.07, 6.45) is 5.61. The van der Waals surface area contributed by atoms with E-state index in [1.807, 2.05) is 18.2 Å². The Morgan fingerprint density at radius 3 is 2.48 bits per heavy atom. The average molecular weight is 368 g/mol. The number of esters is 1. The second-order valence-electron chi connectivity index (χ2n) is 6.79. The maximum absolute atomic E-state index is 12.6. The quantitative estimate of drug-likeness (QED) is 0.793. The van der Waals surface area contributed by atoms with Crippen LogP contribution in [0, 0.1) is 0 Å². The minimum absolute atomic E-state index is 0.131. The van der Waals surface area contributed by atoms with Gasteiger partial charge in [-0.2, -0.15) is 0 Å². The molecule has 1 aromatic heterocycles. The molecule has 0 spiro atoms. The highest BCUT2D eigenvalue weighted by molar-refractivity contribution is 5.94. The predicted octanol–water partition coefficient (Wildman–Crippen LogP) is 3.12. The molecule has 142 valence electrons. The van der Waals surface area contributed by atoms with E-state index in [1.165, 1.54) is 19.4 Å². The molecule has 6 heteroatoms. The molecule has 1 aliphatic carbocycles. The Morgan fingerprint density at radius 2 is 1.85 bits per heavy atom. The zero-order chi connectivity index (χ0) is 19.3. The van der Waals surface area contributed by atoms with E-state index in [1.54, 1.807) is 13.2 Å². The van der Waals surface area contributed by atoms with Gasteiger partial charge in [-0.15, -0.1) is 0 Å². The number of carbonyl (C=O) groups excluding carboxylic acids is 2. The van der Waals surface area contributed by atoms with Gasteiger partial charge in [-0.25, -0.2) is 4.79 Å². The summed E-state index contributed by atoms with van der Waals surface area (Å²) in [6, 6.07) is 11.1. The summed E-state index contributed by atoms with van der Waals surface area (Å²) in [5.41, 5.74) is 1.60. The van der Waals surface area contributed by atoms with Crippen molar-refractivity contribution in [1.29, 1.82) is 0 Å². The molecule has 0 atom stereocenters. The van der Waals surface area contributed by atoms with E-state index in [4.69, 9.17) is 4.74 Å². The Labute approximate surface area is 158 Å². The van der Waals surface area contributed by atoms with Crippen LogP contribution in [0.3, 0.4) is 0 Å². The minimum atomic E-state index is -0.476. The van der Waals surface area contributed by atoms with Crippen LogP contribution < -0.4 is 10.1 Å². The SMILES string of the molecule is COC(=O)c1ccc(C(=O)NCC2(c3ccccc3OC)CCCC2)nc1. The van der Waals surface area contributed by atoms with E-state index in [9.17, 15) is 9.59 Å². The molecule has 1 amide bonds. The van der Waals surface area contributed by atoms with Crippen LogP contribution in [0.25, 0.3) is 0 Å². The van der Waals surface area contributed by atoms with Gasteiger partial charge in [0.05, 0.1) is 19.8 Å². The number of methoxy groups -OCH3 is 2. The summed E-state index contributed by atoms with van der Waals surface area (Å²) in [4.78, 5) is 28.1. The number of aromatic nitrogens is 1. The third kappa shape index (κ3) is 3.94. The van der Waals surface area contributed by atoms with Gasteiger partial charge in [-0.05, 0) is 31.0 Å². The molecule has 0 saturated heterocycles. The number of pyridine rings is 1. The average Bonchev–Trinajstić information content (AvgIpc) is 3.21. The second-order valence-corrected chi connectivity index (χ2v) is 6.79. The van der Waals surface area contributed by atoms with E-state index >= 15 is 0 Å². The number of nitrogens with zero attached hydrogens (tertiary/aromatic N) is 1. The molecule has 0 radical (unpaired) electrons. The summed E-state index contributed by atoms with van der Waals surface area (Å²) in [5, 5.41) is 3.02. The number of hydrogen-bond acceptors (Lipinski definition) is 5. The van der Waals surface area contributed by atoms with Gasteiger partial charge < -0.3 is 14.8 Å². The predicted molar refractivity (Wildman–Crippen MR) is 101 cm³/mol. The fourth-order valence-electron chi connectivity index (χ4n) is 3.78. The Balaban J connectivity index is 1.75. The van der Waals surface area contributed by atoms with E-state index in [2.05, 4.69) is 21.1 Å². The summed E-state index contributed by atoms with van der Waals surface area (Å²) < 4.78 is 10.2. The zero-order valence-corrected chi connectivity index (χ0v) is 15.7. The molecule has 0 aliphatic heterocycles. The normalized spacial score (nSPS) is 15.2. The van der Waals surface area contributed by atoms with Crippen molar-refractivity contribution in [3.05, 3.63) is 59.4 Å². The van der Waals surface area contributed by atoms with Crippen LogP contribution in [-0.2, 0) is 10.2 Å². The van der Waals surface area contributed by atoms with Gasteiger partial charge in [-0.3, -0.25) is 9.78 Å². The fourth-order valence-corrected chi connectivity index (χ4v) is 3.78. The largest absolute Gasteiger partial charge is 0.496 e. The first-order valence-electron chi connectivity index (χ1n) is 9.06. The molecule has 27 heavy (non-hydrogen) atoms. The van der Waals surface area contributed by atoms with Gasteiger partial charge in [0, 0.05) is 23.7 Å². The number of ether oxygens (including phenoxy) is 2. The van der Waals surface area contributed by atoms with E-state index in [0.717, 1.165) is 37.0 Å². The molecule has 0 bridgehead atoms. The number of amides is 1. The van der Waals surface area contributed by atoms with Gasteiger partial charge >= 0.3 is 5.97 Å². The van der Waals surface area contributed by atoms with Crippen molar-refractivity contribution in [2.24, 2.45) is 0 Å². The van der Waals surface area contributed by atoms with E-state index in [0.29, 0.717) is 12.1 Å². The lowest BCUT2D eigenvalue weighted by Crippen LogP contribution is -2.39. The summed E-state index contributed by atoms with van der Waals surface area (Å²) in [7, 11) is 2.98. The summed E-state index contributed by atoms with van der Waals surface area (Å²) in [5.74, 6) is 0.123. The molecule has 1 N–H and O–H groups in total. The minimum Gasteiger partial charge on any atom is -0.496 e. The molecule has 1 heterocycles. The molecule has 1 aliphatic rings. The van der Waals surface area contributed by atoms with E-state index in [-0.39, 0.29) is 17.0 Å². The van der Waals surface area contributed by atoms with Gasteiger partial charge in [0.1, 0.15) is 11.4 Å². The van der Waals surface area contributed by atoms with Crippen molar-refractivity contribution < 1.29 is 19.1 Å². The summed E-state index contributed by atoms with van der Waals surface area (Å²) >= 11 is 0. The van der Waals surface area contributed by atoms with Gasteiger partial charge in [0.25, 0.3) is 5.91 Å². The van der Waals surface area contributed by atoms with Crippen molar-refractivity contribution in [3.8, 4) is 5.75 Å². The summed E-state index contributed by atoms with van der Waals surface area (Å²) in [6.45, 7) is 0.520. The van der Waals surface area contributed by atoms with Crippen LogP contribution in [-0.4, -0.2) is 37.6 Å². The maximum Gasteiger partial charge on any atom is 0.339 e. The number of rotatable bonds is 6. The molecule has 1 aromatic carbocycles. The maximum atomic E-state index is 12.6. The number of benzene rings is 1. The highest BCUT2D eigenvalue weighted by atomic mass is 16.5. The highest BCUT2D eigenvalue weighted by Crippen LogP contribution is 2.44. The Bertz CT molecular complexity index is 811. The van der Waals surface area contributed by atoms with Gasteiger partial charge in [0.15, 0.2) is 0 Å². The van der Waals surface area contributed by atoms with E-state index < -0.39 is 5.97 Å². The molecule has 0 unspecified atom stereocenters. The van der Waals surface area contributed by atoms with Crippen molar-refractivity contribution in [2.45, 2.75) is 31.1 Å². The van der Waals surface area contributed by atoms with Gasteiger partial charge in [0.2, 0.25) is 0 Å². The topological polar surface area (TPSA) is 77.5 Å². The molecule has 2 aromatic rings. The lowest BCUT2D eigenvalue weighted by molar-refractivity contribution is 0.0599. The third-order valence-corrected chi connectivity index (χ3v) is 5.24. The second kappa shape index (κ2) is 8.20. The lowest BCUT2D eigenvalue weighted by Gasteiger charge is -2.31. The monoisotopic (exact) mass is 368 g/mol. The Kier molecular flexibility index (Phi) is 5.74. The third-order valence-electron chi connectivity index (χ3n) is 5.24. The van der Waals surface area contributed by atoms with Crippen LogP contribution in [0.1, 0.15) is 52.1 Å². The molecule has 1 fully saturated rings. The van der Waals surface area contributed by atoms with Crippen LogP contribution in [0.4, 0.5) is 0 Å². The Hall–Kier alpha value is -2.89. The van der Waals surface area contributed by atoms with Crippen molar-refractivity contribution >= 4 is 11.9 Å². The molecular weight excluding hydrogens is 344 g/mol. The Morgan fingerprint density at radius 1 is 1.11 bits per heavy atom. The zero-order valence-electron chi connectivity index (χ0n) is 15.7. The molecule has 1 saturated carbocycles. The van der Waals surface area contributed by atoms with Crippen molar-refractivity contribution in [1.82, 2.24) is 10.3 Å². The molecule has 6 nitrogen and oxygen atoms in total. The molecule has 3 rings (SSSR count). The van der Waals surface area contributed by atoms with Crippen LogP contribution in [0.15, 0.2) is 42.6 Å². The first-order valence-corrected chi connectivity index (χ1v) is 9.06. The first kappa shape index (κ1) is 18.9. The number of para-hydroxylation sites is 1. The van der Waals surface area contributed by atoms with Crippen molar-refractivity contribution in [3.63, 3.8) is 0 Å². The molecular formula is C21H24N2O4. The standard InChI is InChI=1S/C21H24N2O4/c1-26-18-8-4-3-7-16(18)21(11-5-6-12-21)14-23-19(24)17-10-9-15(13-22-17)20(25)27-2/h3-4,7-10,13H,5-6,11-12,14H2,1-2H3,(H,23,24). The first-order chi connectivity index (χ1) is 13.1. The smallest absolute Gasteiger partial charge is 0.339 e. The highest BCUT2D eigenvalue weighted by Gasteiger charge is 2.38. The van der Waals surface area contributed by atoms with Crippen LogP contribution >= 0.6 is 0 Å². The number of carbonyl (C=O) groups is 2. The lowest BCUT2D eigenvalue weighted by atomic mass is 9.78. The van der Waals surface area contributed by atoms with Crippen LogP contribution in [0.5, 0.6) is 5.75 Å². The van der Waals surface area contributed by atoms with Gasteiger partial charge in [-0.1, -0.05) is 31.0 Å². The fraction of sp³-hybridized carbons (Fsp3) is 0.381.